The van der Waals surface area contributed by atoms with Gasteiger partial charge in [-0.15, -0.1) is 23.2 Å². The van der Waals surface area contributed by atoms with E-state index in [9.17, 15) is 0 Å². The molecule has 2 heteroatoms. The van der Waals surface area contributed by atoms with Crippen LogP contribution in [-0.2, 0) is 0 Å². The minimum Gasteiger partial charge on any atom is -0.109 e. The highest BCUT2D eigenvalue weighted by molar-refractivity contribution is 6.25. The van der Waals surface area contributed by atoms with Crippen molar-refractivity contribution in [2.75, 3.05) is 0 Å². The highest BCUT2D eigenvalue weighted by Crippen LogP contribution is 2.10. The van der Waals surface area contributed by atoms with Gasteiger partial charge in [-0.25, -0.2) is 0 Å². The van der Waals surface area contributed by atoms with Gasteiger partial charge in [-0.3, -0.25) is 0 Å². The fraction of sp³-hybridized carbons (Fsp3) is 0. The van der Waals surface area contributed by atoms with Crippen LogP contribution in [0.15, 0.2) is 24.3 Å². The van der Waals surface area contributed by atoms with E-state index in [0.717, 1.165) is 11.1 Å². The molecule has 0 bridgehead atoms. The predicted octanol–water partition coefficient (Wildman–Crippen LogP) is 2.94. The second kappa shape index (κ2) is 3.85. The minimum absolute atomic E-state index is 0.845. The van der Waals surface area contributed by atoms with Gasteiger partial charge in [0.2, 0.25) is 0 Å². The molecule has 1 aromatic rings. The van der Waals surface area contributed by atoms with Gasteiger partial charge in [-0.05, 0) is 11.1 Å². The number of hydrogen-bond acceptors (Lipinski definition) is 0. The van der Waals surface area contributed by atoms with Gasteiger partial charge in [0.15, 0.2) is 0 Å². The van der Waals surface area contributed by atoms with Crippen molar-refractivity contribution in [3.63, 3.8) is 0 Å². The van der Waals surface area contributed by atoms with Crippen LogP contribution in [0.4, 0.5) is 0 Å². The molecule has 0 heterocycles. The fourth-order valence-electron chi connectivity index (χ4n) is 0.596. The van der Waals surface area contributed by atoms with Crippen LogP contribution < -0.4 is 0 Å². The molecule has 1 aromatic carbocycles. The molecule has 0 nitrogen and oxygen atoms in total. The van der Waals surface area contributed by atoms with Gasteiger partial charge >= 0.3 is 0 Å². The molecule has 0 aliphatic heterocycles. The van der Waals surface area contributed by atoms with E-state index in [2.05, 4.69) is 11.8 Å². The van der Waals surface area contributed by atoms with E-state index in [1.54, 1.807) is 0 Å². The number of benzene rings is 1. The number of rotatable bonds is 2. The lowest BCUT2D eigenvalue weighted by atomic mass is 10.2. The van der Waals surface area contributed by atoms with Crippen LogP contribution in [0.5, 0.6) is 0 Å². The normalized spacial score (nSPS) is 9.80. The summed E-state index contributed by atoms with van der Waals surface area (Å²) in [5.74, 6) is 4.96. The van der Waals surface area contributed by atoms with Gasteiger partial charge in [-0.1, -0.05) is 24.3 Å². The Balaban J connectivity index is 2.80. The lowest BCUT2D eigenvalue weighted by Gasteiger charge is -1.94. The average Bonchev–Trinajstić information content (AvgIpc) is 2.05. The van der Waals surface area contributed by atoms with Crippen molar-refractivity contribution in [1.29, 1.82) is 0 Å². The fourth-order valence-corrected chi connectivity index (χ4v) is 0.848. The molecule has 0 amide bonds. The van der Waals surface area contributed by atoms with Crippen molar-refractivity contribution in [1.82, 2.24) is 0 Å². The summed E-state index contributed by atoms with van der Waals surface area (Å²) in [6.07, 6.45) is 0. The van der Waals surface area contributed by atoms with Crippen LogP contribution in [0.2, 0.25) is 0 Å². The molecule has 0 fully saturated rings. The molecule has 0 spiro atoms. The molecule has 1 rings (SSSR count). The van der Waals surface area contributed by atoms with Gasteiger partial charge in [0.1, 0.15) is 11.8 Å². The van der Waals surface area contributed by atoms with Crippen molar-refractivity contribution in [2.45, 2.75) is 0 Å². The largest absolute Gasteiger partial charge is 0.120 e. The molecule has 0 unspecified atom stereocenters. The van der Waals surface area contributed by atoms with E-state index < -0.39 is 0 Å². The van der Waals surface area contributed by atoms with Crippen LogP contribution in [0, 0.1) is 11.8 Å². The lowest BCUT2D eigenvalue weighted by molar-refractivity contribution is 1.52. The first-order valence-corrected chi connectivity index (χ1v) is 3.46. The summed E-state index contributed by atoms with van der Waals surface area (Å²) in [6, 6.07) is 7.27. The highest BCUT2D eigenvalue weighted by atomic mass is 35.5. The van der Waals surface area contributed by atoms with Crippen molar-refractivity contribution >= 4 is 23.2 Å². The molecule has 0 aromatic heterocycles. The summed E-state index contributed by atoms with van der Waals surface area (Å²) in [5.41, 5.74) is 1.69. The van der Waals surface area contributed by atoms with Crippen molar-refractivity contribution in [2.24, 2.45) is 0 Å². The van der Waals surface area contributed by atoms with Gasteiger partial charge < -0.3 is 0 Å². The number of hydrogen-bond donors (Lipinski definition) is 0. The van der Waals surface area contributed by atoms with E-state index in [4.69, 9.17) is 23.2 Å². The zero-order chi connectivity index (χ0) is 7.40. The molecular weight excluding hydrogens is 167 g/mol. The topological polar surface area (TPSA) is 0 Å². The first kappa shape index (κ1) is 7.90. The molecule has 10 heavy (non-hydrogen) atoms. The third kappa shape index (κ3) is 1.89. The summed E-state index contributed by atoms with van der Waals surface area (Å²) in [7, 11) is 0. The third-order valence-corrected chi connectivity index (χ3v) is 1.54. The quantitative estimate of drug-likeness (QED) is 0.641. The zero-order valence-electron chi connectivity index (χ0n) is 5.07. The maximum atomic E-state index is 5.32. The molecule has 0 saturated heterocycles. The van der Waals surface area contributed by atoms with E-state index >= 15 is 0 Å². The summed E-state index contributed by atoms with van der Waals surface area (Å²) in [6.45, 7) is 0. The molecule has 50 valence electrons. The van der Waals surface area contributed by atoms with E-state index in [1.165, 1.54) is 0 Å². The van der Waals surface area contributed by atoms with Crippen LogP contribution >= 0.6 is 23.2 Å². The molecule has 0 saturated carbocycles. The minimum atomic E-state index is 0.845. The average molecular weight is 171 g/mol. The Kier molecular flexibility index (Phi) is 3.04. The summed E-state index contributed by atoms with van der Waals surface area (Å²) in [4.78, 5) is 0. The van der Waals surface area contributed by atoms with Crippen LogP contribution in [0.25, 0.3) is 0 Å². The molecular formula is C8H4Cl2. The van der Waals surface area contributed by atoms with Gasteiger partial charge in [0.05, 0.1) is 0 Å². The first-order valence-electron chi connectivity index (χ1n) is 2.70. The van der Waals surface area contributed by atoms with Crippen LogP contribution in [0.1, 0.15) is 11.1 Å². The van der Waals surface area contributed by atoms with E-state index in [-0.39, 0.29) is 0 Å². The summed E-state index contributed by atoms with van der Waals surface area (Å²) < 4.78 is 0. The van der Waals surface area contributed by atoms with Crippen LogP contribution in [0.3, 0.4) is 0 Å². The Labute approximate surface area is 70.8 Å². The Hall–Kier alpha value is -0.200. The van der Waals surface area contributed by atoms with Gasteiger partial charge in [0.25, 0.3) is 0 Å². The molecule has 0 N–H and O–H groups in total. The summed E-state index contributed by atoms with van der Waals surface area (Å²) >= 11 is 10.6. The van der Waals surface area contributed by atoms with Gasteiger partial charge in [0, 0.05) is 0 Å². The highest BCUT2D eigenvalue weighted by Gasteiger charge is 1.92. The zero-order valence-corrected chi connectivity index (χ0v) is 6.58. The van der Waals surface area contributed by atoms with E-state index in [1.807, 2.05) is 24.3 Å². The second-order valence-corrected chi connectivity index (χ2v) is 2.14. The predicted molar refractivity (Wildman–Crippen MR) is 42.8 cm³/mol. The second-order valence-electron chi connectivity index (χ2n) is 1.77. The van der Waals surface area contributed by atoms with Crippen LogP contribution in [-0.4, -0.2) is 0 Å². The Morgan fingerprint density at radius 2 is 1.10 bits per heavy atom. The number of halogens is 2. The Morgan fingerprint density at radius 3 is 1.30 bits per heavy atom. The molecule has 0 aliphatic rings. The SMILES string of the molecule is Cl[C]c1ccc([C]Cl)cc1. The molecule has 4 radical (unpaired) electrons. The Bertz CT molecular complexity index is 168. The maximum absolute atomic E-state index is 5.32. The maximum Gasteiger partial charge on any atom is 0.120 e. The monoisotopic (exact) mass is 170 g/mol. The van der Waals surface area contributed by atoms with Crippen molar-refractivity contribution < 1.29 is 0 Å². The standard InChI is InChI=1S/C8H4Cl2/c9-5-7-1-2-8(6-10)4-3-7/h1-4H. The van der Waals surface area contributed by atoms with Gasteiger partial charge in [-0.2, -0.15) is 0 Å². The summed E-state index contributed by atoms with van der Waals surface area (Å²) in [5, 5.41) is 0. The Morgan fingerprint density at radius 1 is 0.800 bits per heavy atom. The van der Waals surface area contributed by atoms with Crippen molar-refractivity contribution in [3.8, 4) is 0 Å². The van der Waals surface area contributed by atoms with E-state index in [0.29, 0.717) is 0 Å². The molecule has 0 aliphatic carbocycles. The first-order chi connectivity index (χ1) is 4.86. The lowest BCUT2D eigenvalue weighted by Crippen LogP contribution is -1.76. The molecule has 0 atom stereocenters. The smallest absolute Gasteiger partial charge is 0.109 e. The third-order valence-electron chi connectivity index (χ3n) is 1.10. The van der Waals surface area contributed by atoms with Crippen molar-refractivity contribution in [3.05, 3.63) is 47.2 Å².